The highest BCUT2D eigenvalue weighted by Crippen LogP contribution is 2.56. The third kappa shape index (κ3) is 6.50. The number of nitro groups is 1. The smallest absolute Gasteiger partial charge is 0.322 e. The second-order valence-corrected chi connectivity index (χ2v) is 7.40. The number of fused-ring (bicyclic) bond motifs is 1. The lowest BCUT2D eigenvalue weighted by Gasteiger charge is -2.05. The van der Waals surface area contributed by atoms with E-state index in [-0.39, 0.29) is 11.4 Å². The summed E-state index contributed by atoms with van der Waals surface area (Å²) in [6, 6.07) is 1.49. The zero-order valence-corrected chi connectivity index (χ0v) is 16.1. The summed E-state index contributed by atoms with van der Waals surface area (Å²) in [6.45, 7) is 2.25. The Labute approximate surface area is 156 Å². The lowest BCUT2D eigenvalue weighted by molar-refractivity contribution is -0.385. The lowest BCUT2D eigenvalue weighted by atomic mass is 10.0. The van der Waals surface area contributed by atoms with Gasteiger partial charge in [-0.15, -0.1) is 0 Å². The Morgan fingerprint density at radius 2 is 1.42 bits per heavy atom. The number of nitrogens with zero attached hydrogens (tertiary/aromatic N) is 1. The van der Waals surface area contributed by atoms with E-state index in [4.69, 9.17) is 4.74 Å². The summed E-state index contributed by atoms with van der Waals surface area (Å²) in [6.07, 6.45) is 17.0. The number of unbranched alkanes of at least 4 members (excludes halogenated alkanes) is 12. The van der Waals surface area contributed by atoms with Crippen molar-refractivity contribution in [2.75, 3.05) is 0 Å². The first-order valence-electron chi connectivity index (χ1n) is 10.4. The standard InChI is InChI=1S/C21H33NO4/c1-2-3-4-5-6-7-8-9-10-11-12-13-14-15-17-18(23)16-19-21(26-19)20(17)22(24)25/h16,23H,2-15H2,1H3. The van der Waals surface area contributed by atoms with Crippen molar-refractivity contribution in [1.29, 1.82) is 0 Å². The molecule has 146 valence electrons. The maximum Gasteiger partial charge on any atom is 0.322 e. The Bertz CT molecular complexity index is 586. The molecule has 26 heavy (non-hydrogen) atoms. The van der Waals surface area contributed by atoms with Crippen LogP contribution in [-0.4, -0.2) is 10.0 Å². The molecule has 1 aromatic rings. The molecule has 0 aromatic heterocycles. The van der Waals surface area contributed by atoms with Gasteiger partial charge in [0.05, 0.1) is 10.5 Å². The second-order valence-electron chi connectivity index (χ2n) is 7.40. The molecule has 0 radical (unpaired) electrons. The van der Waals surface area contributed by atoms with Gasteiger partial charge in [0, 0.05) is 6.07 Å². The molecule has 2 rings (SSSR count). The van der Waals surface area contributed by atoms with Crippen LogP contribution in [0.4, 0.5) is 5.69 Å². The minimum absolute atomic E-state index is 0.00751. The fraction of sp³-hybridized carbons (Fsp3) is 0.714. The van der Waals surface area contributed by atoms with E-state index >= 15 is 0 Å². The number of phenolic OH excluding ortho intramolecular Hbond substituents is 1. The highest BCUT2D eigenvalue weighted by molar-refractivity contribution is 5.73. The van der Waals surface area contributed by atoms with Crippen molar-refractivity contribution in [3.05, 3.63) is 21.7 Å². The molecule has 0 saturated carbocycles. The molecule has 1 aliphatic rings. The lowest BCUT2D eigenvalue weighted by Crippen LogP contribution is -1.95. The Balaban J connectivity index is 1.51. The van der Waals surface area contributed by atoms with E-state index in [0.29, 0.717) is 23.5 Å². The third-order valence-corrected chi connectivity index (χ3v) is 5.18. The molecule has 1 N–H and O–H groups in total. The van der Waals surface area contributed by atoms with E-state index in [1.54, 1.807) is 0 Å². The fourth-order valence-electron chi connectivity index (χ4n) is 3.57. The van der Waals surface area contributed by atoms with Gasteiger partial charge in [0.2, 0.25) is 5.75 Å². The molecule has 0 unspecified atom stereocenters. The van der Waals surface area contributed by atoms with Gasteiger partial charge in [-0.05, 0) is 12.8 Å². The molecule has 0 amide bonds. The van der Waals surface area contributed by atoms with Gasteiger partial charge in [-0.1, -0.05) is 84.0 Å². The highest BCUT2D eigenvalue weighted by atomic mass is 16.6. The summed E-state index contributed by atoms with van der Waals surface area (Å²) in [5.74, 6) is 0.757. The maximum atomic E-state index is 11.2. The highest BCUT2D eigenvalue weighted by Gasteiger charge is 2.37. The first-order chi connectivity index (χ1) is 12.6. The molecule has 1 aromatic carbocycles. The van der Waals surface area contributed by atoms with Crippen LogP contribution >= 0.6 is 0 Å². The predicted octanol–water partition coefficient (Wildman–Crippen LogP) is 7.04. The Morgan fingerprint density at radius 1 is 0.923 bits per heavy atom. The first kappa shape index (κ1) is 20.5. The number of phenols is 1. The number of aromatic hydroxyl groups is 1. The van der Waals surface area contributed by atoms with Gasteiger partial charge in [-0.25, -0.2) is 0 Å². The second kappa shape index (κ2) is 11.0. The number of ether oxygens (including phenoxy) is 1. The topological polar surface area (TPSA) is 75.9 Å². The van der Waals surface area contributed by atoms with Crippen molar-refractivity contribution in [2.24, 2.45) is 0 Å². The number of nitro benzene ring substituents is 1. The summed E-state index contributed by atoms with van der Waals surface area (Å²) in [7, 11) is 0. The van der Waals surface area contributed by atoms with E-state index in [1.165, 1.54) is 70.3 Å². The number of rotatable bonds is 15. The normalized spacial score (nSPS) is 11.9. The molecule has 5 nitrogen and oxygen atoms in total. The molecule has 0 fully saturated rings. The summed E-state index contributed by atoms with van der Waals surface area (Å²) in [5, 5.41) is 21.1. The van der Waals surface area contributed by atoms with Crippen LogP contribution in [-0.2, 0) is 6.42 Å². The van der Waals surface area contributed by atoms with Crippen molar-refractivity contribution < 1.29 is 14.8 Å². The molecular weight excluding hydrogens is 330 g/mol. The van der Waals surface area contributed by atoms with E-state index < -0.39 is 4.92 Å². The van der Waals surface area contributed by atoms with Crippen LogP contribution in [0.1, 0.15) is 96.0 Å². The fourth-order valence-corrected chi connectivity index (χ4v) is 3.57. The van der Waals surface area contributed by atoms with Gasteiger partial charge >= 0.3 is 5.69 Å². The minimum atomic E-state index is -0.441. The van der Waals surface area contributed by atoms with E-state index in [9.17, 15) is 15.2 Å². The minimum Gasteiger partial charge on any atom is -0.507 e. The molecule has 5 heteroatoms. The van der Waals surface area contributed by atoms with Gasteiger partial charge < -0.3 is 9.84 Å². The van der Waals surface area contributed by atoms with Gasteiger partial charge in [-0.2, -0.15) is 0 Å². The zero-order valence-electron chi connectivity index (χ0n) is 16.1. The monoisotopic (exact) mass is 363 g/mol. The van der Waals surface area contributed by atoms with Crippen LogP contribution in [0.25, 0.3) is 0 Å². The quantitative estimate of drug-likeness (QED) is 0.159. The summed E-state index contributed by atoms with van der Waals surface area (Å²) in [5.41, 5.74) is 0.383. The summed E-state index contributed by atoms with van der Waals surface area (Å²) < 4.78 is 5.07. The first-order valence-corrected chi connectivity index (χ1v) is 10.4. The van der Waals surface area contributed by atoms with Crippen LogP contribution < -0.4 is 4.74 Å². The van der Waals surface area contributed by atoms with Crippen LogP contribution in [0.15, 0.2) is 6.07 Å². The predicted molar refractivity (Wildman–Crippen MR) is 104 cm³/mol. The third-order valence-electron chi connectivity index (χ3n) is 5.18. The van der Waals surface area contributed by atoms with Gasteiger partial charge in [0.25, 0.3) is 0 Å². The van der Waals surface area contributed by atoms with Crippen molar-refractivity contribution in [3.8, 4) is 17.2 Å². The Kier molecular flexibility index (Phi) is 8.72. The average molecular weight is 363 g/mol. The van der Waals surface area contributed by atoms with E-state index in [0.717, 1.165) is 19.3 Å². The molecule has 0 spiro atoms. The molecule has 1 aliphatic heterocycles. The Hall–Kier alpha value is -1.78. The molecule has 0 atom stereocenters. The van der Waals surface area contributed by atoms with E-state index in [1.807, 2.05) is 0 Å². The molecular formula is C21H33NO4. The van der Waals surface area contributed by atoms with Crippen LogP contribution in [0.5, 0.6) is 17.2 Å². The van der Waals surface area contributed by atoms with Gasteiger partial charge in [0.15, 0.2) is 5.75 Å². The van der Waals surface area contributed by atoms with Crippen LogP contribution in [0.3, 0.4) is 0 Å². The van der Waals surface area contributed by atoms with Crippen molar-refractivity contribution in [3.63, 3.8) is 0 Å². The number of hydrogen-bond acceptors (Lipinski definition) is 4. The Morgan fingerprint density at radius 3 is 1.92 bits per heavy atom. The molecule has 0 saturated heterocycles. The molecule has 0 bridgehead atoms. The zero-order chi connectivity index (χ0) is 18.8. The number of benzene rings is 1. The summed E-state index contributed by atoms with van der Waals surface area (Å²) in [4.78, 5) is 10.7. The summed E-state index contributed by atoms with van der Waals surface area (Å²) >= 11 is 0. The number of hydrogen-bond donors (Lipinski definition) is 1. The maximum absolute atomic E-state index is 11.2. The van der Waals surface area contributed by atoms with Crippen LogP contribution in [0.2, 0.25) is 0 Å². The van der Waals surface area contributed by atoms with Crippen molar-refractivity contribution in [1.82, 2.24) is 0 Å². The average Bonchev–Trinajstić information content (AvgIpc) is 3.37. The van der Waals surface area contributed by atoms with Crippen LogP contribution in [0, 0.1) is 10.1 Å². The SMILES string of the molecule is CCCCCCCCCCCCCCCc1c(O)cc2c(c1[N+](=O)[O-])O2. The largest absolute Gasteiger partial charge is 0.507 e. The van der Waals surface area contributed by atoms with Gasteiger partial charge in [-0.3, -0.25) is 10.1 Å². The van der Waals surface area contributed by atoms with Gasteiger partial charge in [0.1, 0.15) is 5.75 Å². The molecule has 0 aliphatic carbocycles. The van der Waals surface area contributed by atoms with E-state index in [2.05, 4.69) is 6.92 Å². The van der Waals surface area contributed by atoms with Crippen molar-refractivity contribution >= 4 is 5.69 Å². The molecule has 1 heterocycles. The van der Waals surface area contributed by atoms with Crippen molar-refractivity contribution in [2.45, 2.75) is 96.8 Å².